The summed E-state index contributed by atoms with van der Waals surface area (Å²) in [5, 5.41) is 3.25. The molecule has 0 bridgehead atoms. The molecular weight excluding hydrogens is 326 g/mol. The first-order chi connectivity index (χ1) is 12.7. The normalized spacial score (nSPS) is 24.7. The van der Waals surface area contributed by atoms with E-state index in [9.17, 15) is 4.79 Å². The molecule has 5 nitrogen and oxygen atoms in total. The highest BCUT2D eigenvalue weighted by Crippen LogP contribution is 2.30. The maximum atomic E-state index is 12.8. The minimum absolute atomic E-state index is 0.0650. The van der Waals surface area contributed by atoms with Crippen molar-refractivity contribution in [1.29, 1.82) is 0 Å². The van der Waals surface area contributed by atoms with Gasteiger partial charge in [0.1, 0.15) is 11.8 Å². The van der Waals surface area contributed by atoms with Crippen molar-refractivity contribution in [2.75, 3.05) is 7.11 Å². The number of nitrogens with one attached hydrogen (secondary N) is 3. The number of benzene rings is 2. The van der Waals surface area contributed by atoms with Crippen LogP contribution in [-0.2, 0) is 11.2 Å². The molecule has 26 heavy (non-hydrogen) atoms. The summed E-state index contributed by atoms with van der Waals surface area (Å²) in [5.41, 5.74) is 10.2. The second-order valence-corrected chi connectivity index (χ2v) is 7.05. The van der Waals surface area contributed by atoms with Crippen LogP contribution < -0.4 is 20.9 Å². The number of carbonyl (C=O) groups excluding carboxylic acids is 1. The van der Waals surface area contributed by atoms with E-state index in [0.29, 0.717) is 0 Å². The third-order valence-corrected chi connectivity index (χ3v) is 5.42. The molecule has 2 aliphatic rings. The van der Waals surface area contributed by atoms with Gasteiger partial charge in [-0.15, -0.1) is 0 Å². The number of hydrogen-bond acceptors (Lipinski definition) is 4. The highest BCUT2D eigenvalue weighted by molar-refractivity contribution is 5.82. The van der Waals surface area contributed by atoms with E-state index < -0.39 is 0 Å². The summed E-state index contributed by atoms with van der Waals surface area (Å²) < 4.78 is 5.20. The second-order valence-electron chi connectivity index (χ2n) is 7.05. The fraction of sp³-hybridized carbons (Fsp3) is 0.381. The molecule has 2 aromatic rings. The quantitative estimate of drug-likeness (QED) is 0.793. The highest BCUT2D eigenvalue weighted by Gasteiger charge is 2.32. The molecule has 0 spiro atoms. The molecule has 1 fully saturated rings. The summed E-state index contributed by atoms with van der Waals surface area (Å²) in [5.74, 6) is 0.903. The zero-order valence-electron chi connectivity index (χ0n) is 15.0. The van der Waals surface area contributed by atoms with E-state index in [-0.39, 0.29) is 24.0 Å². The van der Waals surface area contributed by atoms with E-state index in [1.54, 1.807) is 7.11 Å². The van der Waals surface area contributed by atoms with Crippen molar-refractivity contribution in [3.63, 3.8) is 0 Å². The van der Waals surface area contributed by atoms with Crippen LogP contribution in [0.2, 0.25) is 0 Å². The van der Waals surface area contributed by atoms with Gasteiger partial charge in [0, 0.05) is 6.04 Å². The summed E-state index contributed by atoms with van der Waals surface area (Å²) in [6.07, 6.45) is 3.95. The fourth-order valence-corrected chi connectivity index (χ4v) is 3.96. The molecule has 3 atom stereocenters. The molecule has 136 valence electrons. The number of amides is 1. The van der Waals surface area contributed by atoms with Gasteiger partial charge in [0.2, 0.25) is 5.91 Å². The molecule has 3 unspecified atom stereocenters. The van der Waals surface area contributed by atoms with Gasteiger partial charge in [0.25, 0.3) is 0 Å². The molecule has 1 aliphatic carbocycles. The van der Waals surface area contributed by atoms with Crippen molar-refractivity contribution in [2.45, 2.75) is 43.8 Å². The maximum absolute atomic E-state index is 12.8. The molecule has 1 aliphatic heterocycles. The molecule has 0 radical (unpaired) electrons. The van der Waals surface area contributed by atoms with Crippen LogP contribution in [0.4, 0.5) is 0 Å². The Balaban J connectivity index is 1.39. The zero-order chi connectivity index (χ0) is 17.9. The predicted molar refractivity (Wildman–Crippen MR) is 101 cm³/mol. The number of hydrogen-bond donors (Lipinski definition) is 3. The summed E-state index contributed by atoms with van der Waals surface area (Å²) >= 11 is 0. The molecule has 1 heterocycles. The molecule has 2 aromatic carbocycles. The van der Waals surface area contributed by atoms with Crippen LogP contribution in [0, 0.1) is 0 Å². The number of fused-ring (bicyclic) bond motifs is 1. The molecule has 1 saturated heterocycles. The monoisotopic (exact) mass is 351 g/mol. The average Bonchev–Trinajstić information content (AvgIpc) is 3.19. The van der Waals surface area contributed by atoms with Crippen molar-refractivity contribution in [2.24, 2.45) is 0 Å². The van der Waals surface area contributed by atoms with Crippen molar-refractivity contribution in [1.82, 2.24) is 16.2 Å². The Morgan fingerprint density at radius 1 is 1.12 bits per heavy atom. The van der Waals surface area contributed by atoms with Crippen LogP contribution >= 0.6 is 0 Å². The standard InChI is InChI=1S/C21H25N3O2/c1-26-16-11-9-15(10-12-16)19-13-20(24-23-19)21(25)22-18-8-4-6-14-5-2-3-7-17(14)18/h2-3,5,7,9-12,18-20,23-24H,4,6,8,13H2,1H3,(H,22,25). The van der Waals surface area contributed by atoms with Crippen molar-refractivity contribution >= 4 is 5.91 Å². The van der Waals surface area contributed by atoms with Crippen LogP contribution in [0.25, 0.3) is 0 Å². The minimum Gasteiger partial charge on any atom is -0.497 e. The second kappa shape index (κ2) is 7.48. The van der Waals surface area contributed by atoms with Crippen LogP contribution in [0.5, 0.6) is 5.75 Å². The highest BCUT2D eigenvalue weighted by atomic mass is 16.5. The van der Waals surface area contributed by atoms with Gasteiger partial charge in [-0.2, -0.15) is 0 Å². The number of hydrazine groups is 1. The third-order valence-electron chi connectivity index (χ3n) is 5.42. The first-order valence-electron chi connectivity index (χ1n) is 9.28. The molecule has 1 amide bonds. The lowest BCUT2D eigenvalue weighted by molar-refractivity contribution is -0.123. The largest absolute Gasteiger partial charge is 0.497 e. The van der Waals surface area contributed by atoms with Gasteiger partial charge in [-0.05, 0) is 54.5 Å². The van der Waals surface area contributed by atoms with E-state index in [1.807, 2.05) is 24.3 Å². The van der Waals surface area contributed by atoms with Crippen LogP contribution in [0.1, 0.15) is 48.0 Å². The zero-order valence-corrected chi connectivity index (χ0v) is 15.0. The van der Waals surface area contributed by atoms with Crippen molar-refractivity contribution < 1.29 is 9.53 Å². The molecule has 0 saturated carbocycles. The van der Waals surface area contributed by atoms with E-state index in [4.69, 9.17) is 4.74 Å². The summed E-state index contributed by atoms with van der Waals surface area (Å²) in [4.78, 5) is 12.8. The predicted octanol–water partition coefficient (Wildman–Crippen LogP) is 2.80. The number of rotatable bonds is 4. The minimum atomic E-state index is -0.226. The number of carbonyl (C=O) groups is 1. The average molecular weight is 351 g/mol. The van der Waals surface area contributed by atoms with Crippen molar-refractivity contribution in [3.8, 4) is 5.75 Å². The first-order valence-corrected chi connectivity index (χ1v) is 9.28. The van der Waals surface area contributed by atoms with E-state index in [2.05, 4.69) is 40.4 Å². The first kappa shape index (κ1) is 17.1. The van der Waals surface area contributed by atoms with Crippen LogP contribution in [0.15, 0.2) is 48.5 Å². The van der Waals surface area contributed by atoms with Crippen LogP contribution in [0.3, 0.4) is 0 Å². The lowest BCUT2D eigenvalue weighted by atomic mass is 9.87. The Morgan fingerprint density at radius 2 is 1.92 bits per heavy atom. The summed E-state index contributed by atoms with van der Waals surface area (Å²) in [7, 11) is 1.66. The topological polar surface area (TPSA) is 62.4 Å². The molecule has 5 heteroatoms. The summed E-state index contributed by atoms with van der Waals surface area (Å²) in [6, 6.07) is 16.4. The third kappa shape index (κ3) is 3.45. The Labute approximate surface area is 154 Å². The van der Waals surface area contributed by atoms with E-state index >= 15 is 0 Å². The smallest absolute Gasteiger partial charge is 0.239 e. The Hall–Kier alpha value is -2.37. The van der Waals surface area contributed by atoms with Gasteiger partial charge in [0.05, 0.1) is 13.2 Å². The molecule has 0 aromatic heterocycles. The molecular formula is C21H25N3O2. The molecule has 4 rings (SSSR count). The van der Waals surface area contributed by atoms with Gasteiger partial charge in [-0.3, -0.25) is 4.79 Å². The van der Waals surface area contributed by atoms with Gasteiger partial charge in [0.15, 0.2) is 0 Å². The Bertz CT molecular complexity index is 775. The fourth-order valence-electron chi connectivity index (χ4n) is 3.96. The summed E-state index contributed by atoms with van der Waals surface area (Å²) in [6.45, 7) is 0. The van der Waals surface area contributed by atoms with Gasteiger partial charge in [-0.1, -0.05) is 36.4 Å². The van der Waals surface area contributed by atoms with E-state index in [1.165, 1.54) is 11.1 Å². The Kier molecular flexibility index (Phi) is 4.91. The molecule has 3 N–H and O–H groups in total. The number of ether oxygens (including phenoxy) is 1. The Morgan fingerprint density at radius 3 is 2.73 bits per heavy atom. The van der Waals surface area contributed by atoms with Crippen LogP contribution in [-0.4, -0.2) is 19.1 Å². The van der Waals surface area contributed by atoms with Gasteiger partial charge in [-0.25, -0.2) is 10.9 Å². The van der Waals surface area contributed by atoms with E-state index in [0.717, 1.165) is 37.0 Å². The lowest BCUT2D eigenvalue weighted by Gasteiger charge is -2.27. The van der Waals surface area contributed by atoms with Gasteiger partial charge < -0.3 is 10.1 Å². The number of aryl methyl sites for hydroxylation is 1. The van der Waals surface area contributed by atoms with Gasteiger partial charge >= 0.3 is 0 Å². The van der Waals surface area contributed by atoms with Crippen molar-refractivity contribution in [3.05, 3.63) is 65.2 Å². The lowest BCUT2D eigenvalue weighted by Crippen LogP contribution is -2.44. The maximum Gasteiger partial charge on any atom is 0.239 e. The number of methoxy groups -OCH3 is 1. The SMILES string of the molecule is COc1ccc(C2CC(C(=O)NC3CCCc4ccccc43)NN2)cc1.